The maximum absolute atomic E-state index is 3.86. The lowest BCUT2D eigenvalue weighted by Crippen LogP contribution is -2.50. The van der Waals surface area contributed by atoms with Crippen molar-refractivity contribution >= 4 is 5.96 Å². The Kier molecular flexibility index (Phi) is 11.2. The predicted molar refractivity (Wildman–Crippen MR) is 99.3 cm³/mol. The summed E-state index contributed by atoms with van der Waals surface area (Å²) in [6, 6.07) is 0. The topological polar surface area (TPSA) is 9.49 Å². The molecule has 0 saturated carbocycles. The van der Waals surface area contributed by atoms with Gasteiger partial charge in [-0.15, -0.1) is 0 Å². The molecule has 0 rings (SSSR count). The third kappa shape index (κ3) is 6.44. The van der Waals surface area contributed by atoms with Crippen LogP contribution in [0.5, 0.6) is 0 Å². The minimum Gasteiger partial charge on any atom is -0.258 e. The van der Waals surface area contributed by atoms with Gasteiger partial charge in [0.2, 0.25) is 0 Å². The first-order valence-electron chi connectivity index (χ1n) is 7.47. The second-order valence-corrected chi connectivity index (χ2v) is 4.75. The maximum Gasteiger partial charge on any atom is 0.352 e. The fraction of sp³-hybridized carbons (Fsp3) is 0.316. The van der Waals surface area contributed by atoms with Crippen molar-refractivity contribution in [3.05, 3.63) is 75.9 Å². The van der Waals surface area contributed by atoms with Gasteiger partial charge in [0.1, 0.15) is 0 Å². The molecule has 22 heavy (non-hydrogen) atoms. The average Bonchev–Trinajstić information content (AvgIpc) is 2.49. The van der Waals surface area contributed by atoms with Gasteiger partial charge < -0.3 is 0 Å². The lowest BCUT2D eigenvalue weighted by Gasteiger charge is -2.28. The smallest absolute Gasteiger partial charge is 0.258 e. The van der Waals surface area contributed by atoms with E-state index in [2.05, 4.69) is 53.8 Å². The highest BCUT2D eigenvalue weighted by molar-refractivity contribution is 5.76. The van der Waals surface area contributed by atoms with E-state index in [1.807, 2.05) is 36.5 Å². The number of nitrogens with zero attached hydrogens (tertiary/aromatic N) is 3. The SMILES string of the molecule is C=CCN(CC=C)C(N(CC=C)CC=C)=[N+](CC=C)CC=C. The molecule has 0 atom stereocenters. The number of hydrogen-bond acceptors (Lipinski definition) is 0. The summed E-state index contributed by atoms with van der Waals surface area (Å²) in [5, 5.41) is 0. The third-order valence-corrected chi connectivity index (χ3v) is 2.95. The van der Waals surface area contributed by atoms with Gasteiger partial charge in [0.15, 0.2) is 0 Å². The molecule has 120 valence electrons. The van der Waals surface area contributed by atoms with Crippen molar-refractivity contribution in [3.8, 4) is 0 Å². The monoisotopic (exact) mass is 300 g/mol. The summed E-state index contributed by atoms with van der Waals surface area (Å²) < 4.78 is 2.22. The normalized spacial score (nSPS) is 9.27. The van der Waals surface area contributed by atoms with Crippen LogP contribution in [0.15, 0.2) is 75.9 Å². The number of guanidine groups is 1. The zero-order chi connectivity index (χ0) is 16.8. The lowest BCUT2D eigenvalue weighted by atomic mass is 10.3. The van der Waals surface area contributed by atoms with E-state index in [9.17, 15) is 0 Å². The van der Waals surface area contributed by atoms with Crippen molar-refractivity contribution in [1.82, 2.24) is 9.80 Å². The van der Waals surface area contributed by atoms with Gasteiger partial charge in [0.05, 0.1) is 39.3 Å². The van der Waals surface area contributed by atoms with Crippen LogP contribution in [-0.4, -0.2) is 59.6 Å². The van der Waals surface area contributed by atoms with Gasteiger partial charge in [-0.25, -0.2) is 0 Å². The molecule has 0 unspecified atom stereocenters. The van der Waals surface area contributed by atoms with Crippen molar-refractivity contribution < 1.29 is 4.58 Å². The fourth-order valence-electron chi connectivity index (χ4n) is 2.25. The van der Waals surface area contributed by atoms with E-state index in [0.717, 1.165) is 45.2 Å². The van der Waals surface area contributed by atoms with Crippen LogP contribution in [0.25, 0.3) is 0 Å². The summed E-state index contributed by atoms with van der Waals surface area (Å²) in [6.07, 6.45) is 11.4. The van der Waals surface area contributed by atoms with Crippen LogP contribution in [-0.2, 0) is 0 Å². The number of rotatable bonds is 12. The van der Waals surface area contributed by atoms with Gasteiger partial charge in [0.25, 0.3) is 0 Å². The van der Waals surface area contributed by atoms with Gasteiger partial charge in [-0.1, -0.05) is 75.9 Å². The molecule has 3 nitrogen and oxygen atoms in total. The van der Waals surface area contributed by atoms with Crippen molar-refractivity contribution in [2.24, 2.45) is 0 Å². The van der Waals surface area contributed by atoms with Gasteiger partial charge in [0, 0.05) is 0 Å². The Balaban J connectivity index is 5.98. The molecule has 0 bridgehead atoms. The quantitative estimate of drug-likeness (QED) is 0.237. The molecule has 0 aromatic heterocycles. The summed E-state index contributed by atoms with van der Waals surface area (Å²) in [4.78, 5) is 4.44. The van der Waals surface area contributed by atoms with Crippen LogP contribution in [0.4, 0.5) is 0 Å². The molecule has 0 saturated heterocycles. The predicted octanol–water partition coefficient (Wildman–Crippen LogP) is 3.07. The summed E-state index contributed by atoms with van der Waals surface area (Å²) >= 11 is 0. The van der Waals surface area contributed by atoms with Crippen LogP contribution >= 0.6 is 0 Å². The van der Waals surface area contributed by atoms with E-state index in [1.165, 1.54) is 0 Å². The van der Waals surface area contributed by atoms with Crippen molar-refractivity contribution in [2.45, 2.75) is 0 Å². The van der Waals surface area contributed by atoms with E-state index in [1.54, 1.807) is 0 Å². The first kappa shape index (κ1) is 19.7. The van der Waals surface area contributed by atoms with Crippen molar-refractivity contribution in [1.29, 1.82) is 0 Å². The summed E-state index contributed by atoms with van der Waals surface area (Å²) in [5.74, 6) is 1.08. The first-order valence-corrected chi connectivity index (χ1v) is 7.47. The third-order valence-electron chi connectivity index (χ3n) is 2.95. The second kappa shape index (κ2) is 12.5. The molecule has 0 N–H and O–H groups in total. The maximum atomic E-state index is 3.86. The highest BCUT2D eigenvalue weighted by Gasteiger charge is 2.26. The Morgan fingerprint density at radius 2 is 0.909 bits per heavy atom. The van der Waals surface area contributed by atoms with Crippen LogP contribution < -0.4 is 0 Å². The van der Waals surface area contributed by atoms with Crippen molar-refractivity contribution in [2.75, 3.05) is 39.3 Å². The largest absolute Gasteiger partial charge is 0.352 e. The summed E-state index contributed by atoms with van der Waals surface area (Å²) in [5.41, 5.74) is 0. The molecule has 0 aliphatic carbocycles. The zero-order valence-corrected chi connectivity index (χ0v) is 13.8. The molecule has 0 aliphatic heterocycles. The summed E-state index contributed by atoms with van der Waals surface area (Å²) in [6.45, 7) is 27.6. The molecule has 0 aromatic rings. The Labute approximate surface area is 136 Å². The molecule has 0 heterocycles. The molecule has 0 fully saturated rings. The second-order valence-electron chi connectivity index (χ2n) is 4.75. The van der Waals surface area contributed by atoms with Gasteiger partial charge in [-0.3, -0.25) is 14.4 Å². The van der Waals surface area contributed by atoms with E-state index in [-0.39, 0.29) is 0 Å². The summed E-state index contributed by atoms with van der Waals surface area (Å²) in [7, 11) is 0. The molecular weight excluding hydrogens is 270 g/mol. The van der Waals surface area contributed by atoms with Crippen LogP contribution in [0, 0.1) is 0 Å². The average molecular weight is 300 g/mol. The molecule has 0 radical (unpaired) electrons. The molecule has 3 heteroatoms. The molecular formula is C19H30N3+. The molecule has 0 aromatic carbocycles. The van der Waals surface area contributed by atoms with Crippen molar-refractivity contribution in [3.63, 3.8) is 0 Å². The zero-order valence-electron chi connectivity index (χ0n) is 13.8. The van der Waals surface area contributed by atoms with Crippen LogP contribution in [0.2, 0.25) is 0 Å². The van der Waals surface area contributed by atoms with Crippen LogP contribution in [0.3, 0.4) is 0 Å². The van der Waals surface area contributed by atoms with E-state index in [0.29, 0.717) is 0 Å². The Hall–Kier alpha value is -2.29. The minimum absolute atomic E-state index is 0.733. The van der Waals surface area contributed by atoms with Gasteiger partial charge in [-0.2, -0.15) is 0 Å². The van der Waals surface area contributed by atoms with E-state index >= 15 is 0 Å². The fourth-order valence-corrected chi connectivity index (χ4v) is 2.25. The van der Waals surface area contributed by atoms with E-state index < -0.39 is 0 Å². The molecule has 0 spiro atoms. The highest BCUT2D eigenvalue weighted by Crippen LogP contribution is 2.03. The standard InChI is InChI=1S/C19H30N3/c1-7-13-20(14-8-2)19(21(15-9-3)16-10-4)22(17-11-5)18-12-6/h7-12H,1-6,13-18H2/q+1. The first-order chi connectivity index (χ1) is 10.7. The molecule has 0 aliphatic rings. The Morgan fingerprint density at radius 1 is 0.591 bits per heavy atom. The lowest BCUT2D eigenvalue weighted by molar-refractivity contribution is -0.517. The van der Waals surface area contributed by atoms with E-state index in [4.69, 9.17) is 0 Å². The highest BCUT2D eigenvalue weighted by atomic mass is 15.4. The Morgan fingerprint density at radius 3 is 1.14 bits per heavy atom. The molecule has 0 amide bonds. The number of hydrogen-bond donors (Lipinski definition) is 0. The van der Waals surface area contributed by atoms with Gasteiger partial charge in [-0.05, 0) is 0 Å². The Bertz CT molecular complexity index is 374. The van der Waals surface area contributed by atoms with Gasteiger partial charge >= 0.3 is 5.96 Å². The minimum atomic E-state index is 0.733. The van der Waals surface area contributed by atoms with Crippen LogP contribution in [0.1, 0.15) is 0 Å².